The molecule has 0 saturated heterocycles. The molecule has 1 atom stereocenters. The first-order valence-corrected chi connectivity index (χ1v) is 8.50. The van der Waals surface area contributed by atoms with Gasteiger partial charge in [0, 0.05) is 18.2 Å². The molecule has 0 bridgehead atoms. The lowest BCUT2D eigenvalue weighted by Gasteiger charge is -2.29. The molecule has 3 heterocycles. The van der Waals surface area contributed by atoms with Crippen molar-refractivity contribution in [2.45, 2.75) is 19.5 Å². The van der Waals surface area contributed by atoms with Crippen molar-refractivity contribution in [3.05, 3.63) is 47.9 Å². The van der Waals surface area contributed by atoms with E-state index in [2.05, 4.69) is 16.9 Å². The molecule has 7 nitrogen and oxygen atoms in total. The Hall–Kier alpha value is -3.09. The summed E-state index contributed by atoms with van der Waals surface area (Å²) in [5, 5.41) is 0. The fourth-order valence-electron chi connectivity index (χ4n) is 3.52. The fourth-order valence-corrected chi connectivity index (χ4v) is 3.52. The first kappa shape index (κ1) is 16.4. The lowest BCUT2D eigenvalue weighted by atomic mass is 10.1. The molecule has 1 unspecified atom stereocenters. The summed E-state index contributed by atoms with van der Waals surface area (Å²) in [5.74, 6) is 1.95. The summed E-state index contributed by atoms with van der Waals surface area (Å²) < 4.78 is 12.7. The number of pyridine rings is 1. The number of aromatic nitrogens is 3. The highest BCUT2D eigenvalue weighted by molar-refractivity contribution is 5.91. The number of amides is 1. The minimum Gasteiger partial charge on any atom is -0.497 e. The molecule has 2 aromatic heterocycles. The van der Waals surface area contributed by atoms with Crippen LogP contribution in [0.2, 0.25) is 0 Å². The summed E-state index contributed by atoms with van der Waals surface area (Å²) in [6.07, 6.45) is 1.75. The van der Waals surface area contributed by atoms with Gasteiger partial charge < -0.3 is 14.4 Å². The van der Waals surface area contributed by atoms with Gasteiger partial charge in [-0.25, -0.2) is 4.57 Å². The summed E-state index contributed by atoms with van der Waals surface area (Å²) in [4.78, 5) is 22.5. The Kier molecular flexibility index (Phi) is 3.99. The van der Waals surface area contributed by atoms with Gasteiger partial charge in [-0.15, -0.1) is 4.98 Å². The van der Waals surface area contributed by atoms with Crippen LogP contribution < -0.4 is 14.0 Å². The van der Waals surface area contributed by atoms with E-state index in [0.29, 0.717) is 24.7 Å². The van der Waals surface area contributed by atoms with Gasteiger partial charge in [0.25, 0.3) is 5.82 Å². The van der Waals surface area contributed by atoms with Crippen LogP contribution in [0.4, 0.5) is 0 Å². The highest BCUT2D eigenvalue weighted by Crippen LogP contribution is 2.27. The second kappa shape index (κ2) is 6.33. The van der Waals surface area contributed by atoms with Gasteiger partial charge in [-0.2, -0.15) is 0 Å². The number of fused-ring (bicyclic) bond motifs is 3. The average Bonchev–Trinajstić information content (AvgIpc) is 3.06. The first-order valence-electron chi connectivity index (χ1n) is 8.50. The quantitative estimate of drug-likeness (QED) is 0.729. The third kappa shape index (κ3) is 2.56. The lowest BCUT2D eigenvalue weighted by molar-refractivity contribution is -0.702. The Labute approximate surface area is 151 Å². The van der Waals surface area contributed by atoms with Crippen molar-refractivity contribution in [3.63, 3.8) is 0 Å². The van der Waals surface area contributed by atoms with Crippen LogP contribution in [0, 0.1) is 0 Å². The third-order valence-corrected chi connectivity index (χ3v) is 4.78. The van der Waals surface area contributed by atoms with Crippen LogP contribution in [0.15, 0.2) is 36.5 Å². The van der Waals surface area contributed by atoms with Crippen molar-refractivity contribution >= 4 is 17.1 Å². The van der Waals surface area contributed by atoms with Crippen LogP contribution in [0.5, 0.6) is 11.5 Å². The van der Waals surface area contributed by atoms with Gasteiger partial charge in [0.2, 0.25) is 0 Å². The lowest BCUT2D eigenvalue weighted by Crippen LogP contribution is -2.56. The number of hydrogen-bond donors (Lipinski definition) is 1. The van der Waals surface area contributed by atoms with E-state index in [9.17, 15) is 4.79 Å². The molecule has 7 heteroatoms. The smallest absolute Gasteiger partial charge is 0.320 e. The Bertz CT molecular complexity index is 982. The highest BCUT2D eigenvalue weighted by Gasteiger charge is 2.37. The van der Waals surface area contributed by atoms with Gasteiger partial charge in [0.1, 0.15) is 17.7 Å². The number of rotatable bonds is 4. The van der Waals surface area contributed by atoms with E-state index < -0.39 is 0 Å². The molecule has 0 radical (unpaired) electrons. The number of nitrogens with zero attached hydrogens (tertiary/aromatic N) is 3. The fraction of sp³-hybridized carbons (Fsp3) is 0.316. The molecule has 26 heavy (non-hydrogen) atoms. The molecule has 0 aliphatic carbocycles. The number of benzene rings is 1. The standard InChI is InChI=1S/C19H20N4O3/c1-12-10-22(11-13-6-7-14(25-2)9-16(13)26-3)19(24)18-21-15-5-4-8-20-17(15)23(12)18/h4-9,12H,10-11H2,1-3H3/p+1. The molecule has 1 N–H and O–H groups in total. The first-order chi connectivity index (χ1) is 12.6. The highest BCUT2D eigenvalue weighted by atomic mass is 16.5. The van der Waals surface area contributed by atoms with E-state index in [1.165, 1.54) is 0 Å². The van der Waals surface area contributed by atoms with Crippen molar-refractivity contribution in [1.82, 2.24) is 14.9 Å². The van der Waals surface area contributed by atoms with Gasteiger partial charge >= 0.3 is 11.6 Å². The Morgan fingerprint density at radius 2 is 2.15 bits per heavy atom. The minimum atomic E-state index is -0.0426. The van der Waals surface area contributed by atoms with Crippen LogP contribution in [-0.4, -0.2) is 41.5 Å². The summed E-state index contributed by atoms with van der Waals surface area (Å²) in [7, 11) is 3.24. The van der Waals surface area contributed by atoms with Crippen LogP contribution in [-0.2, 0) is 6.54 Å². The number of carbonyl (C=O) groups excluding carboxylic acids is 1. The largest absolute Gasteiger partial charge is 0.497 e. The maximum atomic E-state index is 13.0. The van der Waals surface area contributed by atoms with Crippen LogP contribution in [0.1, 0.15) is 29.1 Å². The number of ether oxygens (including phenoxy) is 2. The Balaban J connectivity index is 1.69. The van der Waals surface area contributed by atoms with Crippen LogP contribution in [0.3, 0.4) is 0 Å². The van der Waals surface area contributed by atoms with Crippen molar-refractivity contribution < 1.29 is 18.8 Å². The topological polar surface area (TPSA) is 71.3 Å². The van der Waals surface area contributed by atoms with Gasteiger partial charge in [-0.05, 0) is 31.2 Å². The number of aromatic amines is 1. The molecular weight excluding hydrogens is 332 g/mol. The average molecular weight is 353 g/mol. The predicted molar refractivity (Wildman–Crippen MR) is 95.3 cm³/mol. The molecule has 1 aliphatic rings. The number of hydrogen-bond acceptors (Lipinski definition) is 4. The van der Waals surface area contributed by atoms with E-state index >= 15 is 0 Å². The zero-order valence-corrected chi connectivity index (χ0v) is 15.0. The second-order valence-corrected chi connectivity index (χ2v) is 6.43. The predicted octanol–water partition coefficient (Wildman–Crippen LogP) is 2.08. The zero-order chi connectivity index (χ0) is 18.3. The van der Waals surface area contributed by atoms with Gasteiger partial charge in [-0.3, -0.25) is 9.78 Å². The molecule has 0 saturated carbocycles. The summed E-state index contributed by atoms with van der Waals surface area (Å²) in [6, 6.07) is 9.56. The number of carbonyl (C=O) groups is 1. The number of imidazole rings is 1. The summed E-state index contributed by atoms with van der Waals surface area (Å²) in [5.41, 5.74) is 2.62. The Morgan fingerprint density at radius 1 is 1.31 bits per heavy atom. The van der Waals surface area contributed by atoms with Crippen molar-refractivity contribution in [3.8, 4) is 11.5 Å². The molecule has 1 aliphatic heterocycles. The van der Waals surface area contributed by atoms with Gasteiger partial charge in [0.15, 0.2) is 5.52 Å². The monoisotopic (exact) mass is 353 g/mol. The van der Waals surface area contributed by atoms with E-state index in [0.717, 1.165) is 22.5 Å². The normalized spacial score (nSPS) is 16.7. The molecule has 0 fully saturated rings. The van der Waals surface area contributed by atoms with Crippen LogP contribution in [0.25, 0.3) is 11.2 Å². The zero-order valence-electron chi connectivity index (χ0n) is 15.0. The van der Waals surface area contributed by atoms with Crippen molar-refractivity contribution in [1.29, 1.82) is 0 Å². The molecule has 0 spiro atoms. The molecule has 4 rings (SSSR count). The number of methoxy groups -OCH3 is 2. The van der Waals surface area contributed by atoms with Gasteiger partial charge in [-0.1, -0.05) is 0 Å². The number of nitrogens with one attached hydrogen (secondary N) is 1. The third-order valence-electron chi connectivity index (χ3n) is 4.78. The van der Waals surface area contributed by atoms with Crippen LogP contribution >= 0.6 is 0 Å². The van der Waals surface area contributed by atoms with E-state index in [-0.39, 0.29) is 11.9 Å². The molecule has 1 aromatic carbocycles. The van der Waals surface area contributed by atoms with E-state index in [1.54, 1.807) is 20.4 Å². The van der Waals surface area contributed by atoms with E-state index in [4.69, 9.17) is 9.47 Å². The molecule has 3 aromatic rings. The maximum absolute atomic E-state index is 13.0. The molecular formula is C19H21N4O3+. The van der Waals surface area contributed by atoms with Crippen molar-refractivity contribution in [2.24, 2.45) is 0 Å². The summed E-state index contributed by atoms with van der Waals surface area (Å²) in [6.45, 7) is 3.17. The SMILES string of the molecule is COc1ccc(CN2CC(C)[n+]3c([nH]c4cccnc43)C2=O)c(OC)c1. The minimum absolute atomic E-state index is 0.0426. The maximum Gasteiger partial charge on any atom is 0.320 e. The molecule has 1 amide bonds. The summed E-state index contributed by atoms with van der Waals surface area (Å²) >= 11 is 0. The second-order valence-electron chi connectivity index (χ2n) is 6.43. The molecule has 134 valence electrons. The van der Waals surface area contributed by atoms with E-state index in [1.807, 2.05) is 39.8 Å². The van der Waals surface area contributed by atoms with Gasteiger partial charge in [0.05, 0.1) is 26.8 Å². The Morgan fingerprint density at radius 3 is 2.92 bits per heavy atom. The van der Waals surface area contributed by atoms with Crippen molar-refractivity contribution in [2.75, 3.05) is 20.8 Å². The number of H-pyrrole nitrogens is 1.